The summed E-state index contributed by atoms with van der Waals surface area (Å²) in [6.45, 7) is 3.17. The molecule has 28 heavy (non-hydrogen) atoms. The molecule has 1 saturated heterocycles. The topological polar surface area (TPSA) is 82.5 Å². The molecule has 3 heterocycles. The number of ketones is 1. The summed E-state index contributed by atoms with van der Waals surface area (Å²) >= 11 is 0. The largest absolute Gasteiger partial charge is 0.480 e. The minimum atomic E-state index is -1.80. The Labute approximate surface area is 165 Å². The summed E-state index contributed by atoms with van der Waals surface area (Å²) in [6.07, 6.45) is 4.82. The van der Waals surface area contributed by atoms with Crippen LogP contribution in [-0.2, 0) is 22.4 Å². The Hall–Kier alpha value is -2.02. The third-order valence-electron chi connectivity index (χ3n) is 6.03. The first-order valence-electron chi connectivity index (χ1n) is 10.3. The number of unbranched alkanes of at least 4 members (excludes halogenated alkanes) is 1. The van der Waals surface area contributed by atoms with Gasteiger partial charge in [0.25, 0.3) is 0 Å². The maximum atomic E-state index is 15.0. The average Bonchev–Trinajstić information content (AvgIpc) is 2.71. The van der Waals surface area contributed by atoms with Crippen molar-refractivity contribution < 1.29 is 19.1 Å². The molecule has 0 aromatic carbocycles. The molecule has 2 aliphatic heterocycles. The van der Waals surface area contributed by atoms with Gasteiger partial charge in [0, 0.05) is 44.6 Å². The number of piperidine rings is 1. The van der Waals surface area contributed by atoms with E-state index in [4.69, 9.17) is 5.11 Å². The molecule has 0 saturated carbocycles. The minimum absolute atomic E-state index is 0.0848. The zero-order chi connectivity index (χ0) is 20.1. The molecule has 6 nitrogen and oxygen atoms in total. The second-order valence-corrected chi connectivity index (χ2v) is 7.99. The molecule has 0 radical (unpaired) electrons. The average molecular weight is 391 g/mol. The molecule has 2 aliphatic rings. The number of likely N-dealkylation sites (tertiary alicyclic amines) is 1. The quantitative estimate of drug-likeness (QED) is 0.663. The maximum absolute atomic E-state index is 15.0. The number of hydrogen-bond acceptors (Lipinski definition) is 5. The van der Waals surface area contributed by atoms with Crippen molar-refractivity contribution in [3.63, 3.8) is 0 Å². The third-order valence-corrected chi connectivity index (χ3v) is 6.03. The molecule has 0 amide bonds. The number of halogens is 1. The third kappa shape index (κ3) is 4.87. The van der Waals surface area contributed by atoms with Crippen LogP contribution in [0.5, 0.6) is 0 Å². The van der Waals surface area contributed by atoms with Crippen LogP contribution in [0.25, 0.3) is 0 Å². The van der Waals surface area contributed by atoms with Gasteiger partial charge in [-0.05, 0) is 50.7 Å². The Morgan fingerprint density at radius 3 is 2.79 bits per heavy atom. The number of aryl methyl sites for hydroxylation is 2. The highest BCUT2D eigenvalue weighted by Crippen LogP contribution is 2.30. The zero-order valence-electron chi connectivity index (χ0n) is 16.5. The zero-order valence-corrected chi connectivity index (χ0v) is 16.5. The lowest BCUT2D eigenvalue weighted by molar-refractivity contribution is -0.144. The number of nitrogens with one attached hydrogen (secondary N) is 1. The number of pyridine rings is 1. The number of rotatable bonds is 8. The van der Waals surface area contributed by atoms with E-state index in [2.05, 4.69) is 16.4 Å². The Morgan fingerprint density at radius 2 is 2.07 bits per heavy atom. The van der Waals surface area contributed by atoms with Gasteiger partial charge in [-0.3, -0.25) is 14.5 Å². The van der Waals surface area contributed by atoms with Crippen molar-refractivity contribution in [3.05, 3.63) is 23.4 Å². The van der Waals surface area contributed by atoms with Gasteiger partial charge in [-0.2, -0.15) is 0 Å². The van der Waals surface area contributed by atoms with Crippen molar-refractivity contribution in [2.24, 2.45) is 0 Å². The molecule has 0 bridgehead atoms. The standard InChI is InChI=1S/C21H30FN3O3/c1-15(20(27)28)25-13-10-21(22,11-14-25)18(26)7-3-2-6-17-9-8-16-5-4-12-23-19(16)24-17/h8-9,15H,2-7,10-14H2,1H3,(H,23,24)(H,27,28). The number of aromatic nitrogens is 1. The van der Waals surface area contributed by atoms with E-state index in [-0.39, 0.29) is 25.0 Å². The van der Waals surface area contributed by atoms with Gasteiger partial charge >= 0.3 is 5.97 Å². The summed E-state index contributed by atoms with van der Waals surface area (Å²) < 4.78 is 15.0. The Morgan fingerprint density at radius 1 is 1.32 bits per heavy atom. The first kappa shape index (κ1) is 20.7. The molecule has 2 N–H and O–H groups in total. The van der Waals surface area contributed by atoms with Crippen LogP contribution in [-0.4, -0.2) is 58.1 Å². The number of aliphatic carboxylic acids is 1. The number of hydrogen-bond donors (Lipinski definition) is 2. The van der Waals surface area contributed by atoms with Gasteiger partial charge in [-0.25, -0.2) is 9.37 Å². The lowest BCUT2D eigenvalue weighted by Crippen LogP contribution is -2.50. The number of carbonyl (C=O) groups excluding carboxylic acids is 1. The molecule has 154 valence electrons. The van der Waals surface area contributed by atoms with Crippen molar-refractivity contribution in [1.82, 2.24) is 9.88 Å². The summed E-state index contributed by atoms with van der Waals surface area (Å²) in [5.41, 5.74) is 0.461. The molecule has 1 unspecified atom stereocenters. The van der Waals surface area contributed by atoms with Crippen LogP contribution in [0.15, 0.2) is 12.1 Å². The number of anilines is 1. The number of carboxylic acid groups (broad SMARTS) is 1. The number of carboxylic acids is 1. The number of alkyl halides is 1. The van der Waals surface area contributed by atoms with E-state index in [1.807, 2.05) is 6.07 Å². The van der Waals surface area contributed by atoms with Gasteiger partial charge < -0.3 is 10.4 Å². The highest BCUT2D eigenvalue weighted by Gasteiger charge is 2.42. The molecule has 1 atom stereocenters. The molecule has 7 heteroatoms. The van der Waals surface area contributed by atoms with Gasteiger partial charge in [0.2, 0.25) is 0 Å². The second-order valence-electron chi connectivity index (χ2n) is 7.99. The SMILES string of the molecule is CC(C(=O)O)N1CCC(F)(C(=O)CCCCc2ccc3c(n2)NCCC3)CC1. The van der Waals surface area contributed by atoms with Gasteiger partial charge in [0.1, 0.15) is 11.9 Å². The molecule has 3 rings (SSSR count). The predicted molar refractivity (Wildman–Crippen MR) is 105 cm³/mol. The molecular formula is C21H30FN3O3. The monoisotopic (exact) mass is 391 g/mol. The van der Waals surface area contributed by atoms with Gasteiger partial charge in [0.15, 0.2) is 11.5 Å². The predicted octanol–water partition coefficient (Wildman–Crippen LogP) is 3.00. The molecule has 1 aromatic heterocycles. The van der Waals surface area contributed by atoms with Gasteiger partial charge in [-0.15, -0.1) is 0 Å². The maximum Gasteiger partial charge on any atom is 0.320 e. The number of nitrogens with zero attached hydrogens (tertiary/aromatic N) is 2. The fraction of sp³-hybridized carbons (Fsp3) is 0.667. The summed E-state index contributed by atoms with van der Waals surface area (Å²) in [5.74, 6) is -0.274. The van der Waals surface area contributed by atoms with E-state index in [1.54, 1.807) is 11.8 Å². The van der Waals surface area contributed by atoms with Gasteiger partial charge in [-0.1, -0.05) is 6.07 Å². The van der Waals surface area contributed by atoms with Crippen LogP contribution < -0.4 is 5.32 Å². The highest BCUT2D eigenvalue weighted by atomic mass is 19.1. The molecule has 0 aliphatic carbocycles. The molecule has 0 spiro atoms. The first-order chi connectivity index (χ1) is 13.4. The van der Waals surface area contributed by atoms with Crippen molar-refractivity contribution in [2.45, 2.75) is 70.0 Å². The Kier molecular flexibility index (Phi) is 6.65. The van der Waals surface area contributed by atoms with Crippen LogP contribution in [0, 0.1) is 0 Å². The number of Topliss-reactive ketones (excluding diaryl/α,β-unsaturated/α-hetero) is 1. The minimum Gasteiger partial charge on any atom is -0.480 e. The lowest BCUT2D eigenvalue weighted by atomic mass is 9.86. The van der Waals surface area contributed by atoms with E-state index in [0.717, 1.165) is 43.7 Å². The van der Waals surface area contributed by atoms with Crippen molar-refractivity contribution in [3.8, 4) is 0 Å². The van der Waals surface area contributed by atoms with E-state index in [9.17, 15) is 14.0 Å². The highest BCUT2D eigenvalue weighted by molar-refractivity contribution is 5.87. The Balaban J connectivity index is 1.41. The van der Waals surface area contributed by atoms with Gasteiger partial charge in [0.05, 0.1) is 0 Å². The fourth-order valence-corrected chi connectivity index (χ4v) is 4.02. The molecule has 1 aromatic rings. The summed E-state index contributed by atoms with van der Waals surface area (Å²) in [5, 5.41) is 12.4. The molecule has 1 fully saturated rings. The lowest BCUT2D eigenvalue weighted by Gasteiger charge is -2.37. The van der Waals surface area contributed by atoms with Crippen LogP contribution in [0.1, 0.15) is 56.7 Å². The van der Waals surface area contributed by atoms with Crippen LogP contribution in [0.4, 0.5) is 10.2 Å². The van der Waals surface area contributed by atoms with E-state index in [0.29, 0.717) is 19.5 Å². The van der Waals surface area contributed by atoms with Crippen LogP contribution >= 0.6 is 0 Å². The fourth-order valence-electron chi connectivity index (χ4n) is 4.02. The van der Waals surface area contributed by atoms with E-state index >= 15 is 0 Å². The van der Waals surface area contributed by atoms with Crippen LogP contribution in [0.3, 0.4) is 0 Å². The summed E-state index contributed by atoms with van der Waals surface area (Å²) in [7, 11) is 0. The smallest absolute Gasteiger partial charge is 0.320 e. The van der Waals surface area contributed by atoms with Crippen LogP contribution in [0.2, 0.25) is 0 Å². The number of carbonyl (C=O) groups is 2. The van der Waals surface area contributed by atoms with Crippen molar-refractivity contribution in [1.29, 1.82) is 0 Å². The van der Waals surface area contributed by atoms with Crippen molar-refractivity contribution >= 4 is 17.6 Å². The number of fused-ring (bicyclic) bond motifs is 1. The summed E-state index contributed by atoms with van der Waals surface area (Å²) in [6, 6.07) is 3.53. The van der Waals surface area contributed by atoms with Crippen molar-refractivity contribution in [2.75, 3.05) is 25.0 Å². The first-order valence-corrected chi connectivity index (χ1v) is 10.3. The molecular weight excluding hydrogens is 361 g/mol. The van der Waals surface area contributed by atoms with E-state index < -0.39 is 17.7 Å². The Bertz CT molecular complexity index is 717. The normalized spacial score (nSPS) is 20.1. The summed E-state index contributed by atoms with van der Waals surface area (Å²) in [4.78, 5) is 29.8. The van der Waals surface area contributed by atoms with E-state index in [1.165, 1.54) is 5.56 Å². The second kappa shape index (κ2) is 8.99.